The number of nitrogens with one attached hydrogen (secondary N) is 1. The van der Waals surface area contributed by atoms with Crippen LogP contribution in [0.15, 0.2) is 0 Å². The van der Waals surface area contributed by atoms with E-state index in [9.17, 15) is 0 Å². The number of likely N-dealkylation sites (N-methyl/N-ethyl adjacent to an activating group) is 1. The van der Waals surface area contributed by atoms with Crippen molar-refractivity contribution in [2.45, 2.75) is 77.9 Å². The van der Waals surface area contributed by atoms with Gasteiger partial charge in [0.2, 0.25) is 0 Å². The molecule has 0 aromatic rings. The topological polar surface area (TPSA) is 21.3 Å². The Balaban J connectivity index is 2.32. The zero-order chi connectivity index (χ0) is 12.5. The van der Waals surface area contributed by atoms with E-state index in [0.29, 0.717) is 12.1 Å². The molecule has 0 bridgehead atoms. The molecule has 2 nitrogen and oxygen atoms in total. The second-order valence-electron chi connectivity index (χ2n) is 5.37. The normalized spacial score (nSPS) is 29.5. The van der Waals surface area contributed by atoms with Gasteiger partial charge >= 0.3 is 0 Å². The minimum absolute atomic E-state index is 0.463. The minimum atomic E-state index is 0.463. The zero-order valence-electron chi connectivity index (χ0n) is 12.0. The monoisotopic (exact) mass is 241 g/mol. The van der Waals surface area contributed by atoms with Crippen molar-refractivity contribution in [2.24, 2.45) is 5.92 Å². The molecule has 1 saturated carbocycles. The molecular formula is C15H31NO. The summed E-state index contributed by atoms with van der Waals surface area (Å²) in [5, 5.41) is 3.60. The van der Waals surface area contributed by atoms with Crippen LogP contribution in [0.4, 0.5) is 0 Å². The van der Waals surface area contributed by atoms with Crippen molar-refractivity contribution in [3.63, 3.8) is 0 Å². The quantitative estimate of drug-likeness (QED) is 0.653. The third kappa shape index (κ3) is 5.39. The number of unbranched alkanes of at least 4 members (excludes halogenated alkanes) is 2. The molecule has 2 heteroatoms. The van der Waals surface area contributed by atoms with Gasteiger partial charge < -0.3 is 10.1 Å². The van der Waals surface area contributed by atoms with Crippen molar-refractivity contribution in [3.8, 4) is 0 Å². The predicted octanol–water partition coefficient (Wildman–Crippen LogP) is 3.75. The standard InChI is InChI=1S/C15H31NO/c1-4-7-8-11-17-15-12-13(5-2)9-10-14(15)16-6-3/h13-16H,4-12H2,1-3H3. The lowest BCUT2D eigenvalue weighted by molar-refractivity contribution is -0.0115. The van der Waals surface area contributed by atoms with E-state index in [1.165, 1.54) is 44.9 Å². The van der Waals surface area contributed by atoms with Crippen LogP contribution in [0.2, 0.25) is 0 Å². The molecule has 0 amide bonds. The lowest BCUT2D eigenvalue weighted by atomic mass is 9.82. The molecule has 0 radical (unpaired) electrons. The average molecular weight is 241 g/mol. The molecule has 0 aromatic heterocycles. The van der Waals surface area contributed by atoms with Crippen molar-refractivity contribution >= 4 is 0 Å². The fraction of sp³-hybridized carbons (Fsp3) is 1.00. The van der Waals surface area contributed by atoms with Crippen LogP contribution in [0.1, 0.15) is 65.7 Å². The predicted molar refractivity (Wildman–Crippen MR) is 74.4 cm³/mol. The van der Waals surface area contributed by atoms with E-state index in [1.807, 2.05) is 0 Å². The van der Waals surface area contributed by atoms with Gasteiger partial charge in [0, 0.05) is 12.6 Å². The number of hydrogen-bond acceptors (Lipinski definition) is 2. The van der Waals surface area contributed by atoms with Gasteiger partial charge in [-0.3, -0.25) is 0 Å². The molecule has 0 aromatic carbocycles. The van der Waals surface area contributed by atoms with E-state index in [2.05, 4.69) is 26.1 Å². The molecule has 1 rings (SSSR count). The van der Waals surface area contributed by atoms with Gasteiger partial charge in [0.25, 0.3) is 0 Å². The summed E-state index contributed by atoms with van der Waals surface area (Å²) in [6, 6.07) is 0.601. The first kappa shape index (κ1) is 15.0. The largest absolute Gasteiger partial charge is 0.377 e. The number of rotatable bonds is 8. The zero-order valence-corrected chi connectivity index (χ0v) is 12.0. The van der Waals surface area contributed by atoms with Crippen LogP contribution in [-0.2, 0) is 4.74 Å². The number of hydrogen-bond donors (Lipinski definition) is 1. The maximum atomic E-state index is 6.12. The first-order chi connectivity index (χ1) is 8.31. The molecule has 3 unspecified atom stereocenters. The molecule has 17 heavy (non-hydrogen) atoms. The van der Waals surface area contributed by atoms with Gasteiger partial charge in [-0.15, -0.1) is 0 Å². The van der Waals surface area contributed by atoms with Gasteiger partial charge in [-0.2, -0.15) is 0 Å². The molecule has 3 atom stereocenters. The summed E-state index contributed by atoms with van der Waals surface area (Å²) in [6.45, 7) is 8.77. The van der Waals surface area contributed by atoms with Gasteiger partial charge in [-0.05, 0) is 38.1 Å². The Morgan fingerprint density at radius 1 is 1.12 bits per heavy atom. The van der Waals surface area contributed by atoms with Crippen molar-refractivity contribution in [2.75, 3.05) is 13.2 Å². The highest BCUT2D eigenvalue weighted by molar-refractivity contribution is 4.85. The van der Waals surface area contributed by atoms with Crippen LogP contribution in [-0.4, -0.2) is 25.3 Å². The molecule has 102 valence electrons. The molecule has 1 aliphatic rings. The second-order valence-corrected chi connectivity index (χ2v) is 5.37. The van der Waals surface area contributed by atoms with Gasteiger partial charge in [0.1, 0.15) is 0 Å². The van der Waals surface area contributed by atoms with Gasteiger partial charge in [-0.25, -0.2) is 0 Å². The van der Waals surface area contributed by atoms with Crippen LogP contribution in [0.5, 0.6) is 0 Å². The van der Waals surface area contributed by atoms with Crippen molar-refractivity contribution < 1.29 is 4.74 Å². The summed E-state index contributed by atoms with van der Waals surface area (Å²) in [7, 11) is 0. The third-order valence-electron chi connectivity index (χ3n) is 4.02. The second kappa shape index (κ2) is 8.93. The van der Waals surface area contributed by atoms with E-state index in [0.717, 1.165) is 19.1 Å². The summed E-state index contributed by atoms with van der Waals surface area (Å²) < 4.78 is 6.12. The number of ether oxygens (including phenoxy) is 1. The SMILES string of the molecule is CCCCCOC1CC(CC)CCC1NCC. The highest BCUT2D eigenvalue weighted by atomic mass is 16.5. The Kier molecular flexibility index (Phi) is 7.87. The van der Waals surface area contributed by atoms with Crippen molar-refractivity contribution in [1.29, 1.82) is 0 Å². The lowest BCUT2D eigenvalue weighted by Gasteiger charge is -2.36. The Bertz CT molecular complexity index is 184. The first-order valence-electron chi connectivity index (χ1n) is 7.66. The maximum Gasteiger partial charge on any atom is 0.0730 e. The summed E-state index contributed by atoms with van der Waals surface area (Å²) >= 11 is 0. The molecule has 0 aliphatic heterocycles. The highest BCUT2D eigenvalue weighted by Gasteiger charge is 2.29. The smallest absolute Gasteiger partial charge is 0.0730 e. The summed E-state index contributed by atoms with van der Waals surface area (Å²) in [6.07, 6.45) is 9.52. The van der Waals surface area contributed by atoms with Crippen LogP contribution >= 0.6 is 0 Å². The lowest BCUT2D eigenvalue weighted by Crippen LogP contribution is -2.45. The van der Waals surface area contributed by atoms with E-state index in [-0.39, 0.29) is 0 Å². The molecule has 0 spiro atoms. The van der Waals surface area contributed by atoms with Crippen molar-refractivity contribution in [1.82, 2.24) is 5.32 Å². The maximum absolute atomic E-state index is 6.12. The minimum Gasteiger partial charge on any atom is -0.377 e. The fourth-order valence-electron chi connectivity index (χ4n) is 2.85. The summed E-state index contributed by atoms with van der Waals surface area (Å²) in [4.78, 5) is 0. The Morgan fingerprint density at radius 2 is 1.94 bits per heavy atom. The van der Waals surface area contributed by atoms with Crippen LogP contribution in [0.3, 0.4) is 0 Å². The van der Waals surface area contributed by atoms with E-state index in [1.54, 1.807) is 0 Å². The summed E-state index contributed by atoms with van der Waals surface area (Å²) in [5.41, 5.74) is 0. The highest BCUT2D eigenvalue weighted by Crippen LogP contribution is 2.29. The van der Waals surface area contributed by atoms with Crippen molar-refractivity contribution in [3.05, 3.63) is 0 Å². The van der Waals surface area contributed by atoms with Crippen LogP contribution in [0.25, 0.3) is 0 Å². The Labute approximate surface area is 108 Å². The molecule has 1 N–H and O–H groups in total. The van der Waals surface area contributed by atoms with Gasteiger partial charge in [0.15, 0.2) is 0 Å². The first-order valence-corrected chi connectivity index (χ1v) is 7.66. The van der Waals surface area contributed by atoms with Crippen LogP contribution < -0.4 is 5.32 Å². The van der Waals surface area contributed by atoms with Crippen LogP contribution in [0, 0.1) is 5.92 Å². The average Bonchev–Trinajstić information content (AvgIpc) is 2.36. The van der Waals surface area contributed by atoms with E-state index >= 15 is 0 Å². The molecule has 0 heterocycles. The van der Waals surface area contributed by atoms with Gasteiger partial charge in [-0.1, -0.05) is 40.0 Å². The summed E-state index contributed by atoms with van der Waals surface area (Å²) in [5.74, 6) is 0.890. The molecular weight excluding hydrogens is 210 g/mol. The van der Waals surface area contributed by atoms with E-state index < -0.39 is 0 Å². The Morgan fingerprint density at radius 3 is 2.59 bits per heavy atom. The molecule has 1 fully saturated rings. The van der Waals surface area contributed by atoms with Gasteiger partial charge in [0.05, 0.1) is 6.10 Å². The molecule has 0 saturated heterocycles. The third-order valence-corrected chi connectivity index (χ3v) is 4.02. The fourth-order valence-corrected chi connectivity index (χ4v) is 2.85. The molecule has 1 aliphatic carbocycles. The Hall–Kier alpha value is -0.0800. The van der Waals surface area contributed by atoms with E-state index in [4.69, 9.17) is 4.74 Å².